The lowest BCUT2D eigenvalue weighted by Gasteiger charge is -1.89. The number of thiol groups is 3. The Balaban J connectivity index is 0.000000358. The molecule has 3 nitrogen and oxygen atoms in total. The Hall–Kier alpha value is -1.46. The van der Waals surface area contributed by atoms with Gasteiger partial charge in [-0.2, -0.15) is 0 Å². The molecule has 3 aromatic carbocycles. The molecule has 3 aromatic rings. The van der Waals surface area contributed by atoms with Crippen LogP contribution in [0.5, 0.6) is 17.2 Å². The van der Waals surface area contributed by atoms with Crippen molar-refractivity contribution in [1.29, 1.82) is 0 Å². The highest BCUT2D eigenvalue weighted by molar-refractivity contribution is 9.02. The summed E-state index contributed by atoms with van der Waals surface area (Å²) in [6, 6.07) is 21.3. The maximum atomic E-state index is 8.76. The van der Waals surface area contributed by atoms with Gasteiger partial charge in [-0.1, -0.05) is 53.1 Å². The van der Waals surface area contributed by atoms with Crippen LogP contribution in [0.2, 0.25) is 0 Å². The standard InChI is InChI=1S/3C7H8O.H3PS3/c3*1-6-2-4-7(8)5-3-6;2-1(3)4/h3*2-5,8H,1H3;2-4H. The summed E-state index contributed by atoms with van der Waals surface area (Å²) < 4.78 is 0. The molecule has 0 radical (unpaired) electrons. The Bertz CT molecular complexity index is 593. The first-order chi connectivity index (χ1) is 13.1. The fourth-order valence-corrected chi connectivity index (χ4v) is 1.63. The van der Waals surface area contributed by atoms with Crippen molar-refractivity contribution in [2.45, 2.75) is 20.8 Å². The van der Waals surface area contributed by atoms with E-state index in [1.807, 2.05) is 57.2 Å². The predicted molar refractivity (Wildman–Crippen MR) is 132 cm³/mol. The van der Waals surface area contributed by atoms with Crippen LogP contribution in [-0.2, 0) is 0 Å². The van der Waals surface area contributed by atoms with E-state index < -0.39 is 5.53 Å². The zero-order valence-electron chi connectivity index (χ0n) is 16.1. The number of rotatable bonds is 0. The second-order valence-corrected chi connectivity index (χ2v) is 12.8. The van der Waals surface area contributed by atoms with E-state index in [1.54, 1.807) is 36.4 Å². The number of phenolic OH excluding ortho intramolecular Hbond substituents is 3. The van der Waals surface area contributed by atoms with Gasteiger partial charge in [-0.3, -0.25) is 0 Å². The highest BCUT2D eigenvalue weighted by Gasteiger charge is 1.83. The highest BCUT2D eigenvalue weighted by atomic mass is 33.3. The molecule has 0 bridgehead atoms. The largest absolute Gasteiger partial charge is 0.508 e. The van der Waals surface area contributed by atoms with Gasteiger partial charge in [-0.05, 0) is 57.2 Å². The van der Waals surface area contributed by atoms with Crippen LogP contribution >= 0.6 is 42.3 Å². The zero-order valence-corrected chi connectivity index (χ0v) is 19.6. The third-order valence-corrected chi connectivity index (χ3v) is 3.10. The number of aryl methyl sites for hydroxylation is 3. The summed E-state index contributed by atoms with van der Waals surface area (Å²) >= 11 is 11.3. The van der Waals surface area contributed by atoms with Gasteiger partial charge in [0.1, 0.15) is 17.2 Å². The van der Waals surface area contributed by atoms with Gasteiger partial charge < -0.3 is 15.3 Å². The van der Waals surface area contributed by atoms with Crippen LogP contribution in [0, 0.1) is 20.8 Å². The van der Waals surface area contributed by atoms with Crippen molar-refractivity contribution in [2.75, 3.05) is 0 Å². The van der Waals surface area contributed by atoms with E-state index in [-0.39, 0.29) is 0 Å². The second-order valence-electron chi connectivity index (χ2n) is 5.77. The Kier molecular flexibility index (Phi) is 14.7. The minimum atomic E-state index is -0.537. The van der Waals surface area contributed by atoms with Crippen LogP contribution < -0.4 is 0 Å². The van der Waals surface area contributed by atoms with Crippen molar-refractivity contribution in [1.82, 2.24) is 0 Å². The molecule has 0 saturated carbocycles. The van der Waals surface area contributed by atoms with Gasteiger partial charge >= 0.3 is 0 Å². The SMILES string of the molecule is Cc1ccc(O)cc1.Cc1ccc(O)cc1.Cc1ccc(O)cc1.SP(S)S. The predicted octanol–water partition coefficient (Wildman–Crippen LogP) is 7.10. The van der Waals surface area contributed by atoms with E-state index in [0.717, 1.165) is 0 Å². The number of benzene rings is 3. The van der Waals surface area contributed by atoms with Crippen molar-refractivity contribution in [3.8, 4) is 17.2 Å². The highest BCUT2D eigenvalue weighted by Crippen LogP contribution is 2.49. The first-order valence-electron chi connectivity index (χ1n) is 8.23. The van der Waals surface area contributed by atoms with E-state index in [9.17, 15) is 0 Å². The van der Waals surface area contributed by atoms with Gasteiger partial charge in [0.15, 0.2) is 0 Å². The normalized spacial score (nSPS) is 9.11. The second kappa shape index (κ2) is 15.5. The molecule has 0 heterocycles. The van der Waals surface area contributed by atoms with Gasteiger partial charge in [-0.25, -0.2) is 0 Å². The van der Waals surface area contributed by atoms with Crippen LogP contribution in [0.15, 0.2) is 72.8 Å². The molecule has 152 valence electrons. The van der Waals surface area contributed by atoms with Crippen molar-refractivity contribution < 1.29 is 15.3 Å². The summed E-state index contributed by atoms with van der Waals surface area (Å²) in [7, 11) is 0. The van der Waals surface area contributed by atoms with Crippen molar-refractivity contribution in [3.05, 3.63) is 89.5 Å². The molecule has 28 heavy (non-hydrogen) atoms. The molecule has 0 fully saturated rings. The Morgan fingerprint density at radius 1 is 0.464 bits per heavy atom. The summed E-state index contributed by atoms with van der Waals surface area (Å²) in [6.45, 7) is 5.96. The fraction of sp³-hybridized carbons (Fsp3) is 0.143. The van der Waals surface area contributed by atoms with Crippen LogP contribution in [-0.4, -0.2) is 15.3 Å². The minimum Gasteiger partial charge on any atom is -0.508 e. The molecule has 0 amide bonds. The quantitative estimate of drug-likeness (QED) is 0.162. The summed E-state index contributed by atoms with van der Waals surface area (Å²) in [6.07, 6.45) is 0. The fourth-order valence-electron chi connectivity index (χ4n) is 1.63. The molecule has 0 aliphatic heterocycles. The lowest BCUT2D eigenvalue weighted by atomic mass is 10.2. The molecule has 0 spiro atoms. The van der Waals surface area contributed by atoms with Gasteiger partial charge in [0.25, 0.3) is 0 Å². The molecule has 3 rings (SSSR count). The molecule has 0 saturated heterocycles. The molecule has 0 unspecified atom stereocenters. The van der Waals surface area contributed by atoms with E-state index in [0.29, 0.717) is 17.2 Å². The number of hydrogen-bond donors (Lipinski definition) is 6. The Labute approximate surface area is 184 Å². The first kappa shape index (κ1) is 26.5. The van der Waals surface area contributed by atoms with E-state index in [4.69, 9.17) is 15.3 Å². The molecule has 0 aliphatic carbocycles. The average molecular weight is 455 g/mol. The smallest absolute Gasteiger partial charge is 0.115 e. The topological polar surface area (TPSA) is 60.7 Å². The van der Waals surface area contributed by atoms with Crippen molar-refractivity contribution in [2.24, 2.45) is 0 Å². The maximum Gasteiger partial charge on any atom is 0.115 e. The van der Waals surface area contributed by atoms with Crippen molar-refractivity contribution in [3.63, 3.8) is 0 Å². The summed E-state index contributed by atoms with van der Waals surface area (Å²) in [4.78, 5) is 0. The summed E-state index contributed by atoms with van der Waals surface area (Å²) in [5, 5.41) is 26.3. The maximum absolute atomic E-state index is 8.76. The minimum absolute atomic E-state index is 0.329. The van der Waals surface area contributed by atoms with Crippen LogP contribution in [0.4, 0.5) is 0 Å². The van der Waals surface area contributed by atoms with Gasteiger partial charge in [0.2, 0.25) is 0 Å². The van der Waals surface area contributed by atoms with E-state index >= 15 is 0 Å². The molecule has 0 aliphatic rings. The number of phenols is 3. The monoisotopic (exact) mass is 454 g/mol. The number of hydrogen-bond acceptors (Lipinski definition) is 6. The lowest BCUT2D eigenvalue weighted by Crippen LogP contribution is -1.66. The van der Waals surface area contributed by atoms with Crippen LogP contribution in [0.1, 0.15) is 16.7 Å². The molecule has 0 aromatic heterocycles. The molecule has 0 atom stereocenters. The van der Waals surface area contributed by atoms with Gasteiger partial charge in [0.05, 0.1) is 5.53 Å². The van der Waals surface area contributed by atoms with Gasteiger partial charge in [-0.15, -0.1) is 36.7 Å². The van der Waals surface area contributed by atoms with Crippen molar-refractivity contribution >= 4 is 42.3 Å². The number of aromatic hydroxyl groups is 3. The zero-order chi connectivity index (χ0) is 21.5. The average Bonchev–Trinajstić information content (AvgIpc) is 2.63. The summed E-state index contributed by atoms with van der Waals surface area (Å²) in [5.74, 6) is 0.988. The lowest BCUT2D eigenvalue weighted by molar-refractivity contribution is 0.474. The third kappa shape index (κ3) is 16.7. The molecular formula is C21H27O3PS3. The van der Waals surface area contributed by atoms with E-state index in [2.05, 4.69) is 36.7 Å². The molecule has 7 heteroatoms. The summed E-state index contributed by atoms with van der Waals surface area (Å²) in [5.41, 5.74) is 2.97. The Morgan fingerprint density at radius 2 is 0.607 bits per heavy atom. The first-order valence-corrected chi connectivity index (χ1v) is 13.0. The Morgan fingerprint density at radius 3 is 0.714 bits per heavy atom. The third-order valence-electron chi connectivity index (χ3n) is 3.10. The van der Waals surface area contributed by atoms with Crippen LogP contribution in [0.25, 0.3) is 0 Å². The van der Waals surface area contributed by atoms with Gasteiger partial charge in [0, 0.05) is 0 Å². The molecule has 3 N–H and O–H groups in total. The molecular weight excluding hydrogens is 427 g/mol. The van der Waals surface area contributed by atoms with Crippen LogP contribution in [0.3, 0.4) is 0 Å². The van der Waals surface area contributed by atoms with E-state index in [1.165, 1.54) is 16.7 Å².